The zero-order valence-electron chi connectivity index (χ0n) is 15.6. The number of carbonyl (C=O) groups excluding carboxylic acids is 2. The molecule has 0 saturated carbocycles. The summed E-state index contributed by atoms with van der Waals surface area (Å²) >= 11 is 0. The number of benzene rings is 2. The van der Waals surface area contributed by atoms with Crippen LogP contribution in [0, 0.1) is 6.92 Å². The lowest BCUT2D eigenvalue weighted by Crippen LogP contribution is -2.33. The fourth-order valence-electron chi connectivity index (χ4n) is 3.07. The van der Waals surface area contributed by atoms with Crippen LogP contribution in [0.1, 0.15) is 28.8 Å². The van der Waals surface area contributed by atoms with Crippen molar-refractivity contribution < 1.29 is 18.0 Å². The van der Waals surface area contributed by atoms with Crippen LogP contribution in [0.25, 0.3) is 0 Å². The van der Waals surface area contributed by atoms with E-state index in [-0.39, 0.29) is 17.3 Å². The molecular formula is C20H23N3O4S. The Balaban J connectivity index is 1.61. The van der Waals surface area contributed by atoms with Crippen molar-refractivity contribution in [2.45, 2.75) is 24.7 Å². The third kappa shape index (κ3) is 4.76. The van der Waals surface area contributed by atoms with E-state index < -0.39 is 15.9 Å². The molecule has 0 radical (unpaired) electrons. The molecule has 3 rings (SSSR count). The maximum Gasteiger partial charge on any atom is 0.251 e. The lowest BCUT2D eigenvalue weighted by atomic mass is 10.1. The minimum Gasteiger partial charge on any atom is -0.343 e. The van der Waals surface area contributed by atoms with Crippen LogP contribution in [0.4, 0.5) is 5.69 Å². The molecule has 8 heteroatoms. The molecule has 0 aromatic heterocycles. The van der Waals surface area contributed by atoms with Crippen molar-refractivity contribution in [2.75, 3.05) is 25.0 Å². The summed E-state index contributed by atoms with van der Waals surface area (Å²) in [4.78, 5) is 24.4. The van der Waals surface area contributed by atoms with Crippen LogP contribution in [-0.2, 0) is 14.8 Å². The minimum absolute atomic E-state index is 0.149. The van der Waals surface area contributed by atoms with Crippen LogP contribution >= 0.6 is 0 Å². The summed E-state index contributed by atoms with van der Waals surface area (Å²) in [5.41, 5.74) is 1.80. The lowest BCUT2D eigenvalue weighted by Gasteiger charge is -2.16. The number of hydrogen-bond donors (Lipinski definition) is 2. The average molecular weight is 401 g/mol. The van der Waals surface area contributed by atoms with Gasteiger partial charge in [0.2, 0.25) is 15.9 Å². The first kappa shape index (κ1) is 20.0. The predicted octanol–water partition coefficient (Wildman–Crippen LogP) is 2.15. The van der Waals surface area contributed by atoms with Crippen LogP contribution in [0.2, 0.25) is 0 Å². The average Bonchev–Trinajstić information content (AvgIpc) is 3.22. The molecule has 2 aromatic rings. The molecule has 1 saturated heterocycles. The van der Waals surface area contributed by atoms with Gasteiger partial charge in [-0.2, -0.15) is 4.31 Å². The zero-order valence-corrected chi connectivity index (χ0v) is 16.5. The highest BCUT2D eigenvalue weighted by Gasteiger charge is 2.27. The second-order valence-corrected chi connectivity index (χ2v) is 8.68. The number of nitrogens with one attached hydrogen (secondary N) is 2. The smallest absolute Gasteiger partial charge is 0.251 e. The van der Waals surface area contributed by atoms with Crippen LogP contribution in [0.5, 0.6) is 0 Å². The van der Waals surface area contributed by atoms with Crippen LogP contribution < -0.4 is 10.6 Å². The summed E-state index contributed by atoms with van der Waals surface area (Å²) in [7, 11) is -3.55. The van der Waals surface area contributed by atoms with Gasteiger partial charge in [0.05, 0.1) is 11.4 Å². The fourth-order valence-corrected chi connectivity index (χ4v) is 4.63. The molecule has 2 amide bonds. The summed E-state index contributed by atoms with van der Waals surface area (Å²) in [6.45, 7) is 2.70. The Morgan fingerprint density at radius 1 is 1.04 bits per heavy atom. The van der Waals surface area contributed by atoms with Gasteiger partial charge in [-0.25, -0.2) is 8.42 Å². The van der Waals surface area contributed by atoms with Crippen LogP contribution in [-0.4, -0.2) is 44.2 Å². The van der Waals surface area contributed by atoms with Crippen molar-refractivity contribution in [3.05, 3.63) is 59.7 Å². The summed E-state index contributed by atoms with van der Waals surface area (Å²) < 4.78 is 26.7. The summed E-state index contributed by atoms with van der Waals surface area (Å²) in [5.74, 6) is -0.777. The van der Waals surface area contributed by atoms with Crippen molar-refractivity contribution >= 4 is 27.5 Å². The van der Waals surface area contributed by atoms with E-state index in [1.807, 2.05) is 13.0 Å². The molecule has 1 fully saturated rings. The monoisotopic (exact) mass is 401 g/mol. The van der Waals surface area contributed by atoms with Gasteiger partial charge >= 0.3 is 0 Å². The third-order valence-electron chi connectivity index (χ3n) is 4.51. The number of anilines is 1. The molecule has 0 atom stereocenters. The fraction of sp³-hybridized carbons (Fsp3) is 0.300. The summed E-state index contributed by atoms with van der Waals surface area (Å²) in [5, 5.41) is 5.18. The molecule has 0 aliphatic carbocycles. The van der Waals surface area contributed by atoms with Gasteiger partial charge in [0, 0.05) is 24.3 Å². The van der Waals surface area contributed by atoms with E-state index in [9.17, 15) is 18.0 Å². The SMILES string of the molecule is Cc1cccc(C(=O)NCC(=O)Nc2cccc(S(=O)(=O)N3CCCC3)c2)c1. The highest BCUT2D eigenvalue weighted by Crippen LogP contribution is 2.23. The standard InChI is InChI=1S/C20H23N3O4S/c1-15-6-4-7-16(12-15)20(25)21-14-19(24)22-17-8-5-9-18(13-17)28(26,27)23-10-2-3-11-23/h4-9,12-13H,2-3,10-11,14H2,1H3,(H,21,25)(H,22,24). The third-order valence-corrected chi connectivity index (χ3v) is 6.41. The van der Waals surface area contributed by atoms with E-state index in [0.717, 1.165) is 18.4 Å². The molecule has 2 aromatic carbocycles. The maximum absolute atomic E-state index is 12.6. The number of carbonyl (C=O) groups is 2. The normalized spacial score (nSPS) is 14.6. The highest BCUT2D eigenvalue weighted by atomic mass is 32.2. The van der Waals surface area contributed by atoms with Gasteiger partial charge in [-0.3, -0.25) is 9.59 Å². The van der Waals surface area contributed by atoms with E-state index in [2.05, 4.69) is 10.6 Å². The zero-order chi connectivity index (χ0) is 20.1. The minimum atomic E-state index is -3.55. The van der Waals surface area contributed by atoms with Crippen LogP contribution in [0.15, 0.2) is 53.4 Å². The first-order chi connectivity index (χ1) is 13.4. The van der Waals surface area contributed by atoms with Crippen molar-refractivity contribution in [2.24, 2.45) is 0 Å². The van der Waals surface area contributed by atoms with Gasteiger partial charge < -0.3 is 10.6 Å². The van der Waals surface area contributed by atoms with Gasteiger partial charge in [-0.1, -0.05) is 23.8 Å². The Morgan fingerprint density at radius 3 is 2.46 bits per heavy atom. The molecule has 1 aliphatic heterocycles. The number of aryl methyl sites for hydroxylation is 1. The van der Waals surface area contributed by atoms with Gasteiger partial charge in [-0.05, 0) is 50.1 Å². The molecule has 2 N–H and O–H groups in total. The Kier molecular flexibility index (Phi) is 6.11. The first-order valence-electron chi connectivity index (χ1n) is 9.11. The van der Waals surface area contributed by atoms with E-state index in [4.69, 9.17) is 0 Å². The molecule has 28 heavy (non-hydrogen) atoms. The molecule has 0 spiro atoms. The highest BCUT2D eigenvalue weighted by molar-refractivity contribution is 7.89. The predicted molar refractivity (Wildman–Crippen MR) is 107 cm³/mol. The number of hydrogen-bond acceptors (Lipinski definition) is 4. The van der Waals surface area contributed by atoms with E-state index in [1.54, 1.807) is 30.3 Å². The number of rotatable bonds is 6. The Labute approximate surface area is 164 Å². The Hall–Kier alpha value is -2.71. The summed E-state index contributed by atoms with van der Waals surface area (Å²) in [6, 6.07) is 13.2. The quantitative estimate of drug-likeness (QED) is 0.775. The number of amides is 2. The van der Waals surface area contributed by atoms with Gasteiger partial charge in [0.1, 0.15) is 0 Å². The molecule has 0 unspecified atom stereocenters. The largest absolute Gasteiger partial charge is 0.343 e. The molecule has 1 heterocycles. The van der Waals surface area contributed by atoms with Crippen molar-refractivity contribution in [1.29, 1.82) is 0 Å². The second-order valence-electron chi connectivity index (χ2n) is 6.74. The maximum atomic E-state index is 12.6. The number of nitrogens with zero attached hydrogens (tertiary/aromatic N) is 1. The molecule has 148 valence electrons. The molecular weight excluding hydrogens is 378 g/mol. The van der Waals surface area contributed by atoms with Gasteiger partial charge in [-0.15, -0.1) is 0 Å². The van der Waals surface area contributed by atoms with E-state index in [1.165, 1.54) is 16.4 Å². The molecule has 1 aliphatic rings. The first-order valence-corrected chi connectivity index (χ1v) is 10.6. The van der Waals surface area contributed by atoms with Crippen molar-refractivity contribution in [3.63, 3.8) is 0 Å². The van der Waals surface area contributed by atoms with Gasteiger partial charge in [0.25, 0.3) is 5.91 Å². The molecule has 7 nitrogen and oxygen atoms in total. The number of sulfonamides is 1. The topological polar surface area (TPSA) is 95.6 Å². The van der Waals surface area contributed by atoms with Crippen LogP contribution in [0.3, 0.4) is 0 Å². The summed E-state index contributed by atoms with van der Waals surface area (Å²) in [6.07, 6.45) is 1.71. The Bertz CT molecular complexity index is 982. The van der Waals surface area contributed by atoms with E-state index in [0.29, 0.717) is 24.3 Å². The van der Waals surface area contributed by atoms with Crippen molar-refractivity contribution in [3.8, 4) is 0 Å². The Morgan fingerprint density at radius 2 is 1.75 bits per heavy atom. The van der Waals surface area contributed by atoms with Gasteiger partial charge in [0.15, 0.2) is 0 Å². The van der Waals surface area contributed by atoms with E-state index >= 15 is 0 Å². The molecule has 0 bridgehead atoms. The van der Waals surface area contributed by atoms with Crippen molar-refractivity contribution in [1.82, 2.24) is 9.62 Å². The second kappa shape index (κ2) is 8.53. The lowest BCUT2D eigenvalue weighted by molar-refractivity contribution is -0.115.